The van der Waals surface area contributed by atoms with Crippen LogP contribution < -0.4 is 5.32 Å². The Morgan fingerprint density at radius 2 is 2.10 bits per heavy atom. The lowest BCUT2D eigenvalue weighted by Crippen LogP contribution is -2.31. The van der Waals surface area contributed by atoms with Crippen molar-refractivity contribution in [1.82, 2.24) is 4.90 Å². The van der Waals surface area contributed by atoms with Crippen LogP contribution in [-0.4, -0.2) is 30.4 Å². The van der Waals surface area contributed by atoms with Crippen molar-refractivity contribution in [3.63, 3.8) is 0 Å². The van der Waals surface area contributed by atoms with E-state index in [-0.39, 0.29) is 5.91 Å². The third kappa shape index (κ3) is 5.41. The van der Waals surface area contributed by atoms with Crippen molar-refractivity contribution in [2.75, 3.05) is 25.0 Å². The molecule has 1 N–H and O–H groups in total. The molecule has 0 aliphatic rings. The lowest BCUT2D eigenvalue weighted by molar-refractivity contribution is -0.116. The molecule has 0 aliphatic heterocycles. The molecule has 108 valence electrons. The van der Waals surface area contributed by atoms with Gasteiger partial charge in [-0.1, -0.05) is 32.9 Å². The van der Waals surface area contributed by atoms with E-state index in [9.17, 15) is 4.79 Å². The van der Waals surface area contributed by atoms with Crippen LogP contribution in [0.25, 0.3) is 0 Å². The third-order valence-corrected chi connectivity index (χ3v) is 3.05. The fraction of sp³-hybridized carbons (Fsp3) is 0.500. The van der Waals surface area contributed by atoms with Gasteiger partial charge in [-0.2, -0.15) is 5.26 Å². The second-order valence-corrected chi connectivity index (χ2v) is 5.24. The Kier molecular flexibility index (Phi) is 6.75. The van der Waals surface area contributed by atoms with Crippen LogP contribution in [0.4, 0.5) is 5.69 Å². The molecule has 0 aromatic heterocycles. The van der Waals surface area contributed by atoms with Crippen LogP contribution >= 0.6 is 0 Å². The summed E-state index contributed by atoms with van der Waals surface area (Å²) in [5.74, 6) is 0.548. The molecule has 20 heavy (non-hydrogen) atoms. The molecule has 1 aromatic rings. The summed E-state index contributed by atoms with van der Waals surface area (Å²) in [6.07, 6.45) is 0.445. The monoisotopic (exact) mass is 273 g/mol. The number of nitriles is 1. The van der Waals surface area contributed by atoms with Gasteiger partial charge in [-0.25, -0.2) is 0 Å². The van der Waals surface area contributed by atoms with E-state index in [4.69, 9.17) is 5.26 Å². The van der Waals surface area contributed by atoms with Crippen molar-refractivity contribution in [2.45, 2.75) is 27.2 Å². The molecule has 1 rings (SSSR count). The van der Waals surface area contributed by atoms with E-state index < -0.39 is 0 Å². The molecule has 4 heteroatoms. The van der Waals surface area contributed by atoms with Gasteiger partial charge in [0.05, 0.1) is 11.3 Å². The van der Waals surface area contributed by atoms with E-state index >= 15 is 0 Å². The number of amides is 1. The van der Waals surface area contributed by atoms with Gasteiger partial charge in [-0.15, -0.1) is 0 Å². The summed E-state index contributed by atoms with van der Waals surface area (Å²) in [5.41, 5.74) is 1.09. The maximum atomic E-state index is 11.9. The molecular formula is C16H23N3O. The van der Waals surface area contributed by atoms with Crippen LogP contribution in [0.2, 0.25) is 0 Å². The number of nitrogens with one attached hydrogen (secondary N) is 1. The molecule has 0 saturated carbocycles. The molecule has 1 aromatic carbocycles. The minimum atomic E-state index is -0.0464. The minimum Gasteiger partial charge on any atom is -0.325 e. The summed E-state index contributed by atoms with van der Waals surface area (Å²) < 4.78 is 0. The van der Waals surface area contributed by atoms with Gasteiger partial charge in [0.1, 0.15) is 6.07 Å². The third-order valence-electron chi connectivity index (χ3n) is 3.05. The van der Waals surface area contributed by atoms with E-state index in [0.717, 1.165) is 19.6 Å². The second-order valence-electron chi connectivity index (χ2n) is 5.24. The highest BCUT2D eigenvalue weighted by Gasteiger charge is 2.10. The van der Waals surface area contributed by atoms with Crippen molar-refractivity contribution in [3.8, 4) is 6.07 Å². The molecule has 0 aliphatic carbocycles. The number of hydrogen-bond acceptors (Lipinski definition) is 3. The number of anilines is 1. The molecule has 0 spiro atoms. The minimum absolute atomic E-state index is 0.0464. The molecule has 0 atom stereocenters. The van der Waals surface area contributed by atoms with E-state index in [0.29, 0.717) is 23.6 Å². The summed E-state index contributed by atoms with van der Waals surface area (Å²) in [4.78, 5) is 14.2. The largest absolute Gasteiger partial charge is 0.325 e. The number of rotatable bonds is 7. The molecule has 0 bridgehead atoms. The molecule has 1 amide bonds. The van der Waals surface area contributed by atoms with Gasteiger partial charge < -0.3 is 10.2 Å². The van der Waals surface area contributed by atoms with Crippen LogP contribution in [0.1, 0.15) is 32.8 Å². The molecule has 0 saturated heterocycles. The highest BCUT2D eigenvalue weighted by molar-refractivity contribution is 5.92. The number of hydrogen-bond donors (Lipinski definition) is 1. The van der Waals surface area contributed by atoms with Gasteiger partial charge in [0, 0.05) is 19.5 Å². The first-order valence-electron chi connectivity index (χ1n) is 7.08. The van der Waals surface area contributed by atoms with Crippen LogP contribution in [0.3, 0.4) is 0 Å². The standard InChI is InChI=1S/C16H23N3O/c1-4-19(12-13(2)3)10-9-16(20)18-15-8-6-5-7-14(15)11-17/h5-8,13H,4,9-10,12H2,1-3H3,(H,18,20). The summed E-state index contributed by atoms with van der Waals surface area (Å²) in [7, 11) is 0. The highest BCUT2D eigenvalue weighted by Crippen LogP contribution is 2.13. The predicted molar refractivity (Wildman–Crippen MR) is 81.4 cm³/mol. The zero-order chi connectivity index (χ0) is 15.0. The van der Waals surface area contributed by atoms with E-state index in [1.54, 1.807) is 18.2 Å². The fourth-order valence-electron chi connectivity index (χ4n) is 2.06. The molecule has 0 heterocycles. The Balaban J connectivity index is 2.49. The Morgan fingerprint density at radius 3 is 2.70 bits per heavy atom. The Hall–Kier alpha value is -1.86. The zero-order valence-electron chi connectivity index (χ0n) is 12.5. The average molecular weight is 273 g/mol. The van der Waals surface area contributed by atoms with E-state index in [1.807, 2.05) is 6.07 Å². The van der Waals surface area contributed by atoms with Crippen molar-refractivity contribution in [2.24, 2.45) is 5.92 Å². The maximum Gasteiger partial charge on any atom is 0.225 e. The fourth-order valence-corrected chi connectivity index (χ4v) is 2.06. The molecule has 0 fully saturated rings. The van der Waals surface area contributed by atoms with Crippen molar-refractivity contribution >= 4 is 11.6 Å². The van der Waals surface area contributed by atoms with Crippen LogP contribution in [0.5, 0.6) is 0 Å². The van der Waals surface area contributed by atoms with Gasteiger partial charge in [0.15, 0.2) is 0 Å². The summed E-state index contributed by atoms with van der Waals surface area (Å²) in [5, 5.41) is 11.8. The van der Waals surface area contributed by atoms with E-state index in [2.05, 4.69) is 37.1 Å². The van der Waals surface area contributed by atoms with Gasteiger partial charge >= 0.3 is 0 Å². The summed E-state index contributed by atoms with van der Waals surface area (Å²) in [6.45, 7) is 9.14. The molecule has 0 radical (unpaired) electrons. The predicted octanol–water partition coefficient (Wildman–Crippen LogP) is 2.86. The highest BCUT2D eigenvalue weighted by atomic mass is 16.1. The van der Waals surface area contributed by atoms with Crippen molar-refractivity contribution in [1.29, 1.82) is 5.26 Å². The van der Waals surface area contributed by atoms with Gasteiger partial charge in [-0.05, 0) is 24.6 Å². The second kappa shape index (κ2) is 8.34. The number of benzene rings is 1. The lowest BCUT2D eigenvalue weighted by Gasteiger charge is -2.22. The number of nitrogens with zero attached hydrogens (tertiary/aromatic N) is 2. The summed E-state index contributed by atoms with van der Waals surface area (Å²) >= 11 is 0. The number of carbonyl (C=O) groups excluding carboxylic acids is 1. The Bertz CT molecular complexity index is 477. The first-order valence-corrected chi connectivity index (χ1v) is 7.08. The molecule has 0 unspecified atom stereocenters. The van der Waals surface area contributed by atoms with E-state index in [1.165, 1.54) is 0 Å². The first kappa shape index (κ1) is 16.2. The molecular weight excluding hydrogens is 250 g/mol. The van der Waals surface area contributed by atoms with Crippen LogP contribution in [0.15, 0.2) is 24.3 Å². The quantitative estimate of drug-likeness (QED) is 0.831. The molecule has 4 nitrogen and oxygen atoms in total. The van der Waals surface area contributed by atoms with Gasteiger partial charge in [0.2, 0.25) is 5.91 Å². The Labute approximate surface area is 121 Å². The SMILES string of the molecule is CCN(CCC(=O)Nc1ccccc1C#N)CC(C)C. The average Bonchev–Trinajstić information content (AvgIpc) is 2.43. The maximum absolute atomic E-state index is 11.9. The van der Waals surface area contributed by atoms with Crippen molar-refractivity contribution < 1.29 is 4.79 Å². The van der Waals surface area contributed by atoms with Gasteiger partial charge in [0.25, 0.3) is 0 Å². The lowest BCUT2D eigenvalue weighted by atomic mass is 10.2. The topological polar surface area (TPSA) is 56.1 Å². The summed E-state index contributed by atoms with van der Waals surface area (Å²) in [6, 6.07) is 9.13. The van der Waals surface area contributed by atoms with Crippen LogP contribution in [0, 0.1) is 17.2 Å². The number of para-hydroxylation sites is 1. The van der Waals surface area contributed by atoms with Crippen molar-refractivity contribution in [3.05, 3.63) is 29.8 Å². The number of carbonyl (C=O) groups is 1. The smallest absolute Gasteiger partial charge is 0.225 e. The zero-order valence-corrected chi connectivity index (χ0v) is 12.5. The van der Waals surface area contributed by atoms with Gasteiger partial charge in [-0.3, -0.25) is 4.79 Å². The normalized spacial score (nSPS) is 10.6. The van der Waals surface area contributed by atoms with Crippen LogP contribution in [-0.2, 0) is 4.79 Å². The Morgan fingerprint density at radius 1 is 1.40 bits per heavy atom. The first-order chi connectivity index (χ1) is 9.56.